The Morgan fingerprint density at radius 2 is 2.11 bits per heavy atom. The lowest BCUT2D eigenvalue weighted by atomic mass is 9.92. The Morgan fingerprint density at radius 3 is 2.84 bits per heavy atom. The van der Waals surface area contributed by atoms with E-state index in [9.17, 15) is 0 Å². The summed E-state index contributed by atoms with van der Waals surface area (Å²) in [6.45, 7) is 5.86. The van der Waals surface area contributed by atoms with Crippen LogP contribution in [0.1, 0.15) is 24.8 Å². The van der Waals surface area contributed by atoms with Crippen LogP contribution in [0.25, 0.3) is 10.2 Å². The second-order valence-corrected chi connectivity index (χ2v) is 6.67. The monoisotopic (exact) mass is 277 g/mol. The van der Waals surface area contributed by atoms with Crippen molar-refractivity contribution < 1.29 is 4.74 Å². The lowest BCUT2D eigenvalue weighted by Gasteiger charge is -2.35. The summed E-state index contributed by atoms with van der Waals surface area (Å²) in [4.78, 5) is 4.53. The molecule has 0 bridgehead atoms. The van der Waals surface area contributed by atoms with E-state index >= 15 is 0 Å². The van der Waals surface area contributed by atoms with Gasteiger partial charge in [0.2, 0.25) is 0 Å². The maximum Gasteiger partial charge on any atom is 0.0907 e. The van der Waals surface area contributed by atoms with Gasteiger partial charge >= 0.3 is 0 Å². The molecule has 3 N–H and O–H groups in total. The number of thiazole rings is 1. The van der Waals surface area contributed by atoms with Crippen LogP contribution >= 0.6 is 11.3 Å². The Labute approximate surface area is 117 Å². The number of ether oxygens (including phenoxy) is 1. The molecule has 0 aliphatic carbocycles. The Morgan fingerprint density at radius 1 is 1.37 bits per heavy atom. The molecular weight excluding hydrogens is 258 g/mol. The molecule has 2 aromatic rings. The van der Waals surface area contributed by atoms with Gasteiger partial charge in [-0.3, -0.25) is 0 Å². The first kappa shape index (κ1) is 12.7. The largest absolute Gasteiger partial charge is 0.397 e. The number of rotatable bonds is 2. The number of nitrogens with two attached hydrogens (primary N) is 1. The third kappa shape index (κ3) is 2.53. The molecule has 1 aliphatic heterocycles. The van der Waals surface area contributed by atoms with E-state index < -0.39 is 0 Å². The van der Waals surface area contributed by atoms with Gasteiger partial charge in [0.1, 0.15) is 0 Å². The summed E-state index contributed by atoms with van der Waals surface area (Å²) in [5.74, 6) is 0. The highest BCUT2D eigenvalue weighted by Gasteiger charge is 2.27. The highest BCUT2D eigenvalue weighted by molar-refractivity contribution is 7.18. The van der Waals surface area contributed by atoms with Crippen molar-refractivity contribution in [1.82, 2.24) is 4.98 Å². The van der Waals surface area contributed by atoms with Crippen LogP contribution in [-0.4, -0.2) is 23.7 Å². The molecule has 0 unspecified atom stereocenters. The van der Waals surface area contributed by atoms with Crippen molar-refractivity contribution in [2.24, 2.45) is 0 Å². The maximum absolute atomic E-state index is 6.16. The number of nitrogens with one attached hydrogen (secondary N) is 1. The molecule has 1 aromatic heterocycles. The summed E-state index contributed by atoms with van der Waals surface area (Å²) >= 11 is 1.68. The van der Waals surface area contributed by atoms with Crippen molar-refractivity contribution in [3.05, 3.63) is 17.1 Å². The number of aromatic nitrogens is 1. The third-order valence-electron chi connectivity index (χ3n) is 3.70. The van der Waals surface area contributed by atoms with E-state index in [2.05, 4.69) is 23.3 Å². The predicted molar refractivity (Wildman–Crippen MR) is 80.9 cm³/mol. The van der Waals surface area contributed by atoms with Crippen LogP contribution in [-0.2, 0) is 4.74 Å². The standard InChI is InChI=1S/C14H19N3OS/c1-9-16-12-8-11(10(15)7-13(12)19-9)17-14(2)3-5-18-6-4-14/h7-8,17H,3-6,15H2,1-2H3. The molecule has 5 heteroatoms. The highest BCUT2D eigenvalue weighted by Crippen LogP contribution is 2.33. The van der Waals surface area contributed by atoms with Gasteiger partial charge in [0.25, 0.3) is 0 Å². The van der Waals surface area contributed by atoms with Gasteiger partial charge in [-0.15, -0.1) is 11.3 Å². The summed E-state index contributed by atoms with van der Waals surface area (Å²) in [5, 5.41) is 4.66. The van der Waals surface area contributed by atoms with Crippen LogP contribution in [0.4, 0.5) is 11.4 Å². The quantitative estimate of drug-likeness (QED) is 0.828. The van der Waals surface area contributed by atoms with Crippen molar-refractivity contribution >= 4 is 32.9 Å². The Bertz CT molecular complexity index is 602. The van der Waals surface area contributed by atoms with Gasteiger partial charge in [0, 0.05) is 18.8 Å². The first-order valence-electron chi connectivity index (χ1n) is 6.58. The summed E-state index contributed by atoms with van der Waals surface area (Å²) in [7, 11) is 0. The van der Waals surface area contributed by atoms with Crippen molar-refractivity contribution in [2.75, 3.05) is 24.3 Å². The number of nitrogen functional groups attached to an aromatic ring is 1. The minimum Gasteiger partial charge on any atom is -0.397 e. The minimum atomic E-state index is 0.0606. The van der Waals surface area contributed by atoms with Crippen LogP contribution in [0.15, 0.2) is 12.1 Å². The van der Waals surface area contributed by atoms with E-state index in [0.717, 1.165) is 52.7 Å². The number of nitrogens with zero attached hydrogens (tertiary/aromatic N) is 1. The fourth-order valence-corrected chi connectivity index (χ4v) is 3.34. The third-order valence-corrected chi connectivity index (χ3v) is 4.63. The topological polar surface area (TPSA) is 60.2 Å². The van der Waals surface area contributed by atoms with Gasteiger partial charge in [0.05, 0.1) is 26.6 Å². The van der Waals surface area contributed by atoms with Crippen LogP contribution in [0.3, 0.4) is 0 Å². The van der Waals surface area contributed by atoms with Crippen LogP contribution < -0.4 is 11.1 Å². The SMILES string of the molecule is Cc1nc2cc(NC3(C)CCOCC3)c(N)cc2s1. The summed E-state index contributed by atoms with van der Waals surface area (Å²) in [5.41, 5.74) is 9.02. The molecule has 0 atom stereocenters. The molecule has 19 heavy (non-hydrogen) atoms. The van der Waals surface area contributed by atoms with Gasteiger partial charge < -0.3 is 15.8 Å². The predicted octanol–water partition coefficient (Wildman–Crippen LogP) is 3.17. The van der Waals surface area contributed by atoms with E-state index in [1.165, 1.54) is 0 Å². The van der Waals surface area contributed by atoms with Crippen molar-refractivity contribution in [1.29, 1.82) is 0 Å². The van der Waals surface area contributed by atoms with Gasteiger partial charge in [-0.05, 0) is 38.8 Å². The molecule has 1 fully saturated rings. The summed E-state index contributed by atoms with van der Waals surface area (Å²) < 4.78 is 6.58. The Balaban J connectivity index is 1.93. The zero-order valence-corrected chi connectivity index (χ0v) is 12.1. The van der Waals surface area contributed by atoms with E-state index in [-0.39, 0.29) is 5.54 Å². The molecule has 0 saturated carbocycles. The molecule has 1 saturated heterocycles. The van der Waals surface area contributed by atoms with Gasteiger partial charge in [-0.2, -0.15) is 0 Å². The van der Waals surface area contributed by atoms with E-state index in [0.29, 0.717) is 0 Å². The van der Waals surface area contributed by atoms with Crippen LogP contribution in [0.2, 0.25) is 0 Å². The second-order valence-electron chi connectivity index (χ2n) is 5.44. The fraction of sp³-hybridized carbons (Fsp3) is 0.500. The number of aryl methyl sites for hydroxylation is 1. The van der Waals surface area contributed by atoms with Crippen molar-refractivity contribution in [2.45, 2.75) is 32.2 Å². The number of benzene rings is 1. The molecule has 4 nitrogen and oxygen atoms in total. The molecule has 1 aromatic carbocycles. The maximum atomic E-state index is 6.16. The van der Waals surface area contributed by atoms with E-state index in [4.69, 9.17) is 10.5 Å². The first-order valence-corrected chi connectivity index (χ1v) is 7.40. The molecule has 1 aliphatic rings. The second kappa shape index (κ2) is 4.65. The summed E-state index contributed by atoms with van der Waals surface area (Å²) in [6.07, 6.45) is 2.00. The van der Waals surface area contributed by atoms with Gasteiger partial charge in [-0.1, -0.05) is 0 Å². The van der Waals surface area contributed by atoms with Gasteiger partial charge in [-0.25, -0.2) is 4.98 Å². The van der Waals surface area contributed by atoms with Gasteiger partial charge in [0.15, 0.2) is 0 Å². The summed E-state index contributed by atoms with van der Waals surface area (Å²) in [6, 6.07) is 4.08. The molecule has 3 rings (SSSR count). The molecule has 102 valence electrons. The van der Waals surface area contributed by atoms with Crippen LogP contribution in [0.5, 0.6) is 0 Å². The Kier molecular flexibility index (Phi) is 3.11. The number of fused-ring (bicyclic) bond motifs is 1. The van der Waals surface area contributed by atoms with E-state index in [1.807, 2.05) is 13.0 Å². The number of hydrogen-bond acceptors (Lipinski definition) is 5. The highest BCUT2D eigenvalue weighted by atomic mass is 32.1. The number of anilines is 2. The molecule has 2 heterocycles. The lowest BCUT2D eigenvalue weighted by Crippen LogP contribution is -2.40. The zero-order valence-electron chi connectivity index (χ0n) is 11.3. The Hall–Kier alpha value is -1.33. The van der Waals surface area contributed by atoms with Crippen LogP contribution in [0, 0.1) is 6.92 Å². The number of hydrogen-bond donors (Lipinski definition) is 2. The fourth-order valence-electron chi connectivity index (χ4n) is 2.49. The molecule has 0 amide bonds. The van der Waals surface area contributed by atoms with Crippen molar-refractivity contribution in [3.8, 4) is 0 Å². The lowest BCUT2D eigenvalue weighted by molar-refractivity contribution is 0.0658. The molecular formula is C14H19N3OS. The normalized spacial score (nSPS) is 18.6. The van der Waals surface area contributed by atoms with E-state index in [1.54, 1.807) is 11.3 Å². The molecule has 0 spiro atoms. The minimum absolute atomic E-state index is 0.0606. The average Bonchev–Trinajstić information content (AvgIpc) is 2.69. The first-order chi connectivity index (χ1) is 9.06. The molecule has 0 radical (unpaired) electrons. The average molecular weight is 277 g/mol. The smallest absolute Gasteiger partial charge is 0.0907 e. The zero-order chi connectivity index (χ0) is 13.5. The van der Waals surface area contributed by atoms with Crippen molar-refractivity contribution in [3.63, 3.8) is 0 Å².